The van der Waals surface area contributed by atoms with Crippen LogP contribution in [0.25, 0.3) is 0 Å². The van der Waals surface area contributed by atoms with Crippen LogP contribution in [-0.2, 0) is 18.4 Å². The minimum absolute atomic E-state index is 0.00600. The third-order valence-electron chi connectivity index (χ3n) is 10.6. The second kappa shape index (κ2) is 7.18. The maximum atomic E-state index is 13.9. The Morgan fingerprint density at radius 3 is 2.92 bits per heavy atom. The standard InChI is InChI=1S/C28H34N4O4/c1-30(16-22-29-10-13-35-22)26(34)32-12-8-27-7-6-19(32)25-28(27)9-11-31(15-17-2-3-17)21(27)14-18-4-5-20(33)24(36-25)23(18)28/h4-5,10,13,17,19,21,25,33H,2-3,6-9,11-12,14-16H2,1H3/t19-,21-,25+,27-,28+/m1/s1. The molecule has 0 radical (unpaired) electrons. The second-order valence-corrected chi connectivity index (χ2v) is 12.1. The number of benzene rings is 1. The summed E-state index contributed by atoms with van der Waals surface area (Å²) in [4.78, 5) is 24.7. The number of fused-ring (bicyclic) bond motifs is 3. The zero-order chi connectivity index (χ0) is 24.2. The topological polar surface area (TPSA) is 82.3 Å². The van der Waals surface area contributed by atoms with Gasteiger partial charge in [0.05, 0.1) is 18.8 Å². The molecular weight excluding hydrogens is 456 g/mol. The number of likely N-dealkylation sites (tertiary alicyclic amines) is 1. The van der Waals surface area contributed by atoms with Crippen LogP contribution < -0.4 is 4.74 Å². The van der Waals surface area contributed by atoms with E-state index in [0.717, 1.165) is 51.1 Å². The third kappa shape index (κ3) is 2.58. The largest absolute Gasteiger partial charge is 0.504 e. The second-order valence-electron chi connectivity index (χ2n) is 12.1. The van der Waals surface area contributed by atoms with E-state index in [2.05, 4.69) is 20.9 Å². The van der Waals surface area contributed by atoms with Crippen molar-refractivity contribution in [1.82, 2.24) is 19.7 Å². The zero-order valence-electron chi connectivity index (χ0n) is 20.9. The zero-order valence-corrected chi connectivity index (χ0v) is 20.9. The van der Waals surface area contributed by atoms with Gasteiger partial charge in [0.1, 0.15) is 12.4 Å². The first-order valence-electron chi connectivity index (χ1n) is 13.7. The number of phenolic OH excluding ortho intramolecular Hbond substituents is 1. The van der Waals surface area contributed by atoms with Crippen molar-refractivity contribution in [3.05, 3.63) is 41.6 Å². The summed E-state index contributed by atoms with van der Waals surface area (Å²) in [5.74, 6) is 2.35. The summed E-state index contributed by atoms with van der Waals surface area (Å²) >= 11 is 0. The van der Waals surface area contributed by atoms with E-state index < -0.39 is 0 Å². The Morgan fingerprint density at radius 2 is 2.11 bits per heavy atom. The van der Waals surface area contributed by atoms with Crippen molar-refractivity contribution in [1.29, 1.82) is 0 Å². The molecule has 3 saturated heterocycles. The van der Waals surface area contributed by atoms with Crippen LogP contribution in [0.1, 0.15) is 55.5 Å². The fourth-order valence-corrected chi connectivity index (χ4v) is 9.05. The van der Waals surface area contributed by atoms with Crippen LogP contribution in [-0.4, -0.2) is 75.7 Å². The van der Waals surface area contributed by atoms with Gasteiger partial charge in [-0.15, -0.1) is 0 Å². The fraction of sp³-hybridized carbons (Fsp3) is 0.643. The van der Waals surface area contributed by atoms with Crippen molar-refractivity contribution < 1.29 is 19.1 Å². The minimum Gasteiger partial charge on any atom is -0.504 e. The van der Waals surface area contributed by atoms with Gasteiger partial charge in [0.25, 0.3) is 0 Å². The Balaban J connectivity index is 1.22. The number of piperidine rings is 1. The number of aromatic hydroxyl groups is 1. The van der Waals surface area contributed by atoms with Crippen molar-refractivity contribution >= 4 is 6.03 Å². The molecule has 3 aliphatic carbocycles. The number of rotatable bonds is 4. The summed E-state index contributed by atoms with van der Waals surface area (Å²) in [5, 5.41) is 10.9. The molecule has 8 heteroatoms. The van der Waals surface area contributed by atoms with E-state index >= 15 is 0 Å². The van der Waals surface area contributed by atoms with Gasteiger partial charge in [-0.3, -0.25) is 4.90 Å². The van der Waals surface area contributed by atoms with Gasteiger partial charge < -0.3 is 24.1 Å². The Morgan fingerprint density at radius 1 is 1.22 bits per heavy atom. The molecule has 0 unspecified atom stereocenters. The van der Waals surface area contributed by atoms with Crippen molar-refractivity contribution in [2.75, 3.05) is 26.7 Å². The lowest BCUT2D eigenvalue weighted by Gasteiger charge is -2.66. The van der Waals surface area contributed by atoms with Crippen LogP contribution in [0.3, 0.4) is 0 Å². The molecule has 4 bridgehead atoms. The van der Waals surface area contributed by atoms with E-state index in [1.54, 1.807) is 17.4 Å². The molecule has 2 amide bonds. The van der Waals surface area contributed by atoms with E-state index in [-0.39, 0.29) is 34.8 Å². The van der Waals surface area contributed by atoms with Gasteiger partial charge in [-0.2, -0.15) is 0 Å². The summed E-state index contributed by atoms with van der Waals surface area (Å²) in [7, 11) is 1.83. The maximum Gasteiger partial charge on any atom is 0.320 e. The minimum atomic E-state index is -0.127. The van der Waals surface area contributed by atoms with E-state index in [1.807, 2.05) is 13.1 Å². The summed E-state index contributed by atoms with van der Waals surface area (Å²) in [5.41, 5.74) is 2.58. The predicted octanol–water partition coefficient (Wildman–Crippen LogP) is 3.53. The van der Waals surface area contributed by atoms with E-state index in [4.69, 9.17) is 9.15 Å². The lowest BCUT2D eigenvalue weighted by molar-refractivity contribution is -0.129. The van der Waals surface area contributed by atoms with E-state index in [9.17, 15) is 9.90 Å². The number of aromatic nitrogens is 1. The van der Waals surface area contributed by atoms with Crippen LogP contribution in [0.5, 0.6) is 11.5 Å². The number of ether oxygens (including phenoxy) is 1. The monoisotopic (exact) mass is 490 g/mol. The summed E-state index contributed by atoms with van der Waals surface area (Å²) in [6.45, 7) is 3.39. The Kier molecular flexibility index (Phi) is 4.26. The van der Waals surface area contributed by atoms with Gasteiger partial charge in [0.2, 0.25) is 5.89 Å². The van der Waals surface area contributed by atoms with Crippen molar-refractivity contribution in [3.8, 4) is 11.5 Å². The van der Waals surface area contributed by atoms with E-state index in [1.165, 1.54) is 30.5 Å². The number of hydrogen-bond acceptors (Lipinski definition) is 6. The van der Waals surface area contributed by atoms with Crippen LogP contribution in [0.2, 0.25) is 0 Å². The fourth-order valence-electron chi connectivity index (χ4n) is 9.05. The molecule has 7 aliphatic rings. The quantitative estimate of drug-likeness (QED) is 0.706. The smallest absolute Gasteiger partial charge is 0.320 e. The molecule has 2 aromatic rings. The van der Waals surface area contributed by atoms with Crippen molar-refractivity contribution in [2.45, 2.75) is 75.1 Å². The average Bonchev–Trinajstić information content (AvgIpc) is 3.50. The molecule has 5 heterocycles. The number of oxazole rings is 1. The average molecular weight is 491 g/mol. The van der Waals surface area contributed by atoms with Gasteiger partial charge in [-0.25, -0.2) is 9.78 Å². The number of carbonyl (C=O) groups excluding carboxylic acids is 1. The van der Waals surface area contributed by atoms with E-state index in [0.29, 0.717) is 24.2 Å². The highest BCUT2D eigenvalue weighted by molar-refractivity contribution is 5.75. The SMILES string of the molecule is CN(Cc1ncco1)C(=O)N1CC[C@@]23CC[C@@H]1[C@@H]1Oc4c(O)ccc5c4[C@@]12CCN(CC1CC1)[C@@H]3C5. The molecule has 5 fully saturated rings. The first kappa shape index (κ1) is 21.4. The van der Waals surface area contributed by atoms with Gasteiger partial charge in [-0.1, -0.05) is 6.07 Å². The molecule has 9 rings (SSSR count). The summed E-state index contributed by atoms with van der Waals surface area (Å²) in [6, 6.07) is 4.45. The van der Waals surface area contributed by atoms with Gasteiger partial charge in [-0.05, 0) is 69.0 Å². The molecule has 1 aromatic heterocycles. The first-order valence-corrected chi connectivity index (χ1v) is 13.7. The highest BCUT2D eigenvalue weighted by Gasteiger charge is 2.74. The molecule has 8 nitrogen and oxygen atoms in total. The molecule has 4 aliphatic heterocycles. The molecular formula is C28H34N4O4. The molecule has 2 saturated carbocycles. The van der Waals surface area contributed by atoms with Crippen molar-refractivity contribution in [2.24, 2.45) is 11.3 Å². The number of hydrogen-bond donors (Lipinski definition) is 1. The van der Waals surface area contributed by atoms with Crippen LogP contribution in [0.4, 0.5) is 4.79 Å². The summed E-state index contributed by atoms with van der Waals surface area (Å²) in [6.07, 6.45) is 10.9. The number of phenols is 1. The third-order valence-corrected chi connectivity index (χ3v) is 10.6. The molecule has 2 spiro atoms. The lowest BCUT2D eigenvalue weighted by atomic mass is 9.42. The molecule has 1 N–H and O–H groups in total. The first-order chi connectivity index (χ1) is 17.5. The van der Waals surface area contributed by atoms with Crippen LogP contribution in [0, 0.1) is 11.3 Å². The molecule has 5 atom stereocenters. The molecule has 190 valence electrons. The molecule has 1 aromatic carbocycles. The number of amides is 2. The Bertz CT molecular complexity index is 1230. The number of carbonyl (C=O) groups is 1. The predicted molar refractivity (Wildman–Crippen MR) is 131 cm³/mol. The number of nitrogens with zero attached hydrogens (tertiary/aromatic N) is 4. The summed E-state index contributed by atoms with van der Waals surface area (Å²) < 4.78 is 12.2. The lowest BCUT2D eigenvalue weighted by Crippen LogP contribution is -2.73. The van der Waals surface area contributed by atoms with Crippen LogP contribution >= 0.6 is 0 Å². The number of urea groups is 1. The highest BCUT2D eigenvalue weighted by atomic mass is 16.5. The highest BCUT2D eigenvalue weighted by Crippen LogP contribution is 2.71. The maximum absolute atomic E-state index is 13.9. The Hall–Kier alpha value is -2.74. The van der Waals surface area contributed by atoms with Gasteiger partial charge in [0.15, 0.2) is 11.5 Å². The van der Waals surface area contributed by atoms with Crippen molar-refractivity contribution in [3.63, 3.8) is 0 Å². The van der Waals surface area contributed by atoms with Gasteiger partial charge >= 0.3 is 6.03 Å². The molecule has 36 heavy (non-hydrogen) atoms. The Labute approximate surface area is 211 Å². The van der Waals surface area contributed by atoms with Crippen LogP contribution in [0.15, 0.2) is 29.0 Å². The normalized spacial score (nSPS) is 35.8. The van der Waals surface area contributed by atoms with Gasteiger partial charge in [0, 0.05) is 42.6 Å².